The highest BCUT2D eigenvalue weighted by molar-refractivity contribution is 6.32. The summed E-state index contributed by atoms with van der Waals surface area (Å²) in [7, 11) is 0. The smallest absolute Gasteiger partial charge is 0.0931 e. The third kappa shape index (κ3) is 2.01. The van der Waals surface area contributed by atoms with Gasteiger partial charge in [0.25, 0.3) is 0 Å². The average Bonchev–Trinajstić information content (AvgIpc) is 2.56. The van der Waals surface area contributed by atoms with Crippen LogP contribution in [0, 0.1) is 6.92 Å². The van der Waals surface area contributed by atoms with Gasteiger partial charge in [-0.3, -0.25) is 0 Å². The number of benzene rings is 1. The molecule has 1 heterocycles. The molecule has 1 N–H and O–H groups in total. The monoisotopic (exact) mass is 196 g/mol. The van der Waals surface area contributed by atoms with Gasteiger partial charge in [-0.1, -0.05) is 25.4 Å². The van der Waals surface area contributed by atoms with Crippen LogP contribution < -0.4 is 0 Å². The molecule has 2 aromatic rings. The molecule has 0 spiro atoms. The van der Waals surface area contributed by atoms with E-state index in [2.05, 4.69) is 9.97 Å². The quantitative estimate of drug-likeness (QED) is 0.686. The van der Waals surface area contributed by atoms with E-state index in [0.29, 0.717) is 0 Å². The van der Waals surface area contributed by atoms with Crippen molar-refractivity contribution in [2.24, 2.45) is 0 Å². The Balaban J connectivity index is 0.000000396. The summed E-state index contributed by atoms with van der Waals surface area (Å²) >= 11 is 5.89. The number of rotatable bonds is 0. The third-order valence-corrected chi connectivity index (χ3v) is 2.11. The molecule has 0 radical (unpaired) electrons. The predicted molar refractivity (Wildman–Crippen MR) is 57.2 cm³/mol. The first-order valence-corrected chi connectivity index (χ1v) is 4.74. The number of aromatic nitrogens is 2. The Morgan fingerprint density at radius 3 is 2.69 bits per heavy atom. The molecule has 0 saturated carbocycles. The summed E-state index contributed by atoms with van der Waals surface area (Å²) in [5.41, 5.74) is 3.02. The molecule has 2 rings (SSSR count). The van der Waals surface area contributed by atoms with Gasteiger partial charge in [0.2, 0.25) is 0 Å². The normalized spacial score (nSPS) is 9.54. The van der Waals surface area contributed by atoms with E-state index in [1.165, 1.54) is 0 Å². The first-order valence-electron chi connectivity index (χ1n) is 4.36. The van der Waals surface area contributed by atoms with Crippen LogP contribution in [-0.2, 0) is 0 Å². The van der Waals surface area contributed by atoms with Gasteiger partial charge < -0.3 is 4.98 Å². The van der Waals surface area contributed by atoms with Crippen LogP contribution in [0.15, 0.2) is 18.5 Å². The molecule has 0 atom stereocenters. The molecule has 0 aliphatic rings. The number of nitrogens with one attached hydrogen (secondary N) is 1. The minimum Gasteiger partial charge on any atom is -0.345 e. The first kappa shape index (κ1) is 10.1. The average molecular weight is 197 g/mol. The van der Waals surface area contributed by atoms with Crippen molar-refractivity contribution in [3.63, 3.8) is 0 Å². The van der Waals surface area contributed by atoms with E-state index in [4.69, 9.17) is 11.6 Å². The number of H-pyrrole nitrogens is 1. The third-order valence-electron chi connectivity index (χ3n) is 1.70. The SMILES string of the molecule is CC.Cc1cc2[nH]cnc2cc1Cl. The number of fused-ring (bicyclic) bond motifs is 1. The van der Waals surface area contributed by atoms with Gasteiger partial charge in [-0.25, -0.2) is 4.98 Å². The molecular weight excluding hydrogens is 184 g/mol. The number of hydrogen-bond donors (Lipinski definition) is 1. The van der Waals surface area contributed by atoms with Crippen LogP contribution in [0.2, 0.25) is 5.02 Å². The molecule has 2 nitrogen and oxygen atoms in total. The zero-order chi connectivity index (χ0) is 9.84. The number of imidazole rings is 1. The van der Waals surface area contributed by atoms with E-state index in [1.807, 2.05) is 32.9 Å². The molecule has 0 bridgehead atoms. The largest absolute Gasteiger partial charge is 0.345 e. The molecule has 3 heteroatoms. The van der Waals surface area contributed by atoms with Crippen molar-refractivity contribution >= 4 is 22.6 Å². The van der Waals surface area contributed by atoms with Crippen LogP contribution >= 0.6 is 11.6 Å². The maximum Gasteiger partial charge on any atom is 0.0931 e. The molecule has 13 heavy (non-hydrogen) atoms. The van der Waals surface area contributed by atoms with Crippen molar-refractivity contribution in [1.29, 1.82) is 0 Å². The van der Waals surface area contributed by atoms with E-state index < -0.39 is 0 Å². The number of halogens is 1. The first-order chi connectivity index (χ1) is 6.27. The Kier molecular flexibility index (Phi) is 3.32. The van der Waals surface area contributed by atoms with Crippen molar-refractivity contribution in [2.75, 3.05) is 0 Å². The number of aromatic amines is 1. The van der Waals surface area contributed by atoms with Crippen molar-refractivity contribution in [1.82, 2.24) is 9.97 Å². The Bertz CT molecular complexity index is 357. The standard InChI is InChI=1S/C8H7ClN2.C2H6/c1-5-2-7-8(3-6(5)9)11-4-10-7;1-2/h2-4H,1H3,(H,10,11);1-2H3. The van der Waals surface area contributed by atoms with Crippen LogP contribution in [0.4, 0.5) is 0 Å². The second-order valence-electron chi connectivity index (χ2n) is 2.52. The van der Waals surface area contributed by atoms with Gasteiger partial charge in [-0.15, -0.1) is 0 Å². The fourth-order valence-electron chi connectivity index (χ4n) is 1.06. The summed E-state index contributed by atoms with van der Waals surface area (Å²) in [5, 5.41) is 0.768. The van der Waals surface area contributed by atoms with Gasteiger partial charge >= 0.3 is 0 Å². The van der Waals surface area contributed by atoms with Gasteiger partial charge in [0.15, 0.2) is 0 Å². The fourth-order valence-corrected chi connectivity index (χ4v) is 1.22. The number of hydrogen-bond acceptors (Lipinski definition) is 1. The molecular formula is C10H13ClN2. The molecule has 0 saturated heterocycles. The Morgan fingerprint density at radius 2 is 2.00 bits per heavy atom. The van der Waals surface area contributed by atoms with Crippen molar-refractivity contribution in [3.05, 3.63) is 29.0 Å². The van der Waals surface area contributed by atoms with E-state index in [-0.39, 0.29) is 0 Å². The van der Waals surface area contributed by atoms with Crippen LogP contribution in [0.3, 0.4) is 0 Å². The lowest BCUT2D eigenvalue weighted by Gasteiger charge is -1.95. The second-order valence-corrected chi connectivity index (χ2v) is 2.93. The van der Waals surface area contributed by atoms with E-state index in [9.17, 15) is 0 Å². The highest BCUT2D eigenvalue weighted by Crippen LogP contribution is 2.20. The molecule has 1 aromatic carbocycles. The van der Waals surface area contributed by atoms with E-state index >= 15 is 0 Å². The summed E-state index contributed by atoms with van der Waals surface area (Å²) in [6, 6.07) is 3.85. The molecule has 0 unspecified atom stereocenters. The maximum absolute atomic E-state index is 5.89. The predicted octanol–water partition coefficient (Wildman–Crippen LogP) is 3.55. The van der Waals surface area contributed by atoms with Gasteiger partial charge in [0.05, 0.1) is 17.4 Å². The maximum atomic E-state index is 5.89. The van der Waals surface area contributed by atoms with E-state index in [1.54, 1.807) is 6.33 Å². The zero-order valence-corrected chi connectivity index (χ0v) is 8.81. The lowest BCUT2D eigenvalue weighted by atomic mass is 10.2. The second kappa shape index (κ2) is 4.28. The number of aryl methyl sites for hydroxylation is 1. The molecule has 0 aliphatic heterocycles. The number of nitrogens with zero attached hydrogens (tertiary/aromatic N) is 1. The molecule has 0 aliphatic carbocycles. The highest BCUT2D eigenvalue weighted by atomic mass is 35.5. The summed E-state index contributed by atoms with van der Waals surface area (Å²) < 4.78 is 0. The molecule has 0 fully saturated rings. The summed E-state index contributed by atoms with van der Waals surface area (Å²) in [6.07, 6.45) is 1.67. The Labute approximate surface area is 82.9 Å². The van der Waals surface area contributed by atoms with Gasteiger partial charge in [0.1, 0.15) is 0 Å². The summed E-state index contributed by atoms with van der Waals surface area (Å²) in [4.78, 5) is 7.10. The topological polar surface area (TPSA) is 28.7 Å². The Morgan fingerprint density at radius 1 is 1.31 bits per heavy atom. The molecule has 0 amide bonds. The molecule has 70 valence electrons. The minimum atomic E-state index is 0.768. The Hall–Kier alpha value is -1.02. The van der Waals surface area contributed by atoms with Crippen LogP contribution in [0.1, 0.15) is 19.4 Å². The summed E-state index contributed by atoms with van der Waals surface area (Å²) in [6.45, 7) is 5.97. The van der Waals surface area contributed by atoms with Crippen LogP contribution in [0.5, 0.6) is 0 Å². The zero-order valence-electron chi connectivity index (χ0n) is 8.06. The lowest BCUT2D eigenvalue weighted by Crippen LogP contribution is -1.75. The van der Waals surface area contributed by atoms with Gasteiger partial charge in [-0.2, -0.15) is 0 Å². The van der Waals surface area contributed by atoms with Crippen molar-refractivity contribution < 1.29 is 0 Å². The van der Waals surface area contributed by atoms with Gasteiger partial charge in [0, 0.05) is 5.02 Å². The van der Waals surface area contributed by atoms with Crippen LogP contribution in [0.25, 0.3) is 11.0 Å². The van der Waals surface area contributed by atoms with Crippen LogP contribution in [-0.4, -0.2) is 9.97 Å². The minimum absolute atomic E-state index is 0.768. The summed E-state index contributed by atoms with van der Waals surface area (Å²) in [5.74, 6) is 0. The fraction of sp³-hybridized carbons (Fsp3) is 0.300. The lowest BCUT2D eigenvalue weighted by molar-refractivity contribution is 1.34. The highest BCUT2D eigenvalue weighted by Gasteiger charge is 1.99. The van der Waals surface area contributed by atoms with Gasteiger partial charge in [-0.05, 0) is 24.6 Å². The van der Waals surface area contributed by atoms with E-state index in [0.717, 1.165) is 21.6 Å². The van der Waals surface area contributed by atoms with Crippen molar-refractivity contribution in [2.45, 2.75) is 20.8 Å². The van der Waals surface area contributed by atoms with Crippen molar-refractivity contribution in [3.8, 4) is 0 Å². The molecule has 1 aromatic heterocycles.